The molecule has 5 nitrogen and oxygen atoms in total. The van der Waals surface area contributed by atoms with Crippen molar-refractivity contribution in [3.8, 4) is 11.5 Å². The third-order valence-electron chi connectivity index (χ3n) is 5.18. The molecule has 3 rings (SSSR count). The van der Waals surface area contributed by atoms with Gasteiger partial charge in [0.25, 0.3) is 5.91 Å². The van der Waals surface area contributed by atoms with Crippen molar-refractivity contribution in [2.45, 2.75) is 18.3 Å². The molecule has 0 aromatic heterocycles. The minimum absolute atomic E-state index is 0.244. The van der Waals surface area contributed by atoms with E-state index in [0.717, 1.165) is 5.56 Å². The van der Waals surface area contributed by atoms with Crippen LogP contribution in [0.1, 0.15) is 28.8 Å². The van der Waals surface area contributed by atoms with Gasteiger partial charge in [-0.15, -0.1) is 0 Å². The lowest BCUT2D eigenvalue weighted by molar-refractivity contribution is 0.0486. The molecule has 28 heavy (non-hydrogen) atoms. The maximum atomic E-state index is 13.8. The van der Waals surface area contributed by atoms with E-state index in [-0.39, 0.29) is 17.1 Å². The highest BCUT2D eigenvalue weighted by Gasteiger charge is 2.35. The van der Waals surface area contributed by atoms with Crippen LogP contribution in [0, 0.1) is 5.82 Å². The number of methoxy groups -OCH3 is 2. The Morgan fingerprint density at radius 2 is 1.82 bits per heavy atom. The van der Waals surface area contributed by atoms with Crippen LogP contribution >= 0.6 is 15.9 Å². The second kappa shape index (κ2) is 8.92. The van der Waals surface area contributed by atoms with Gasteiger partial charge in [0.15, 0.2) is 0 Å². The summed E-state index contributed by atoms with van der Waals surface area (Å²) in [5.41, 5.74) is 0.944. The van der Waals surface area contributed by atoms with Crippen molar-refractivity contribution in [2.24, 2.45) is 0 Å². The molecule has 2 aromatic carbocycles. The molecule has 1 amide bonds. The highest BCUT2D eigenvalue weighted by Crippen LogP contribution is 2.37. The van der Waals surface area contributed by atoms with E-state index in [1.807, 2.05) is 6.07 Å². The van der Waals surface area contributed by atoms with Crippen molar-refractivity contribution in [3.63, 3.8) is 0 Å². The van der Waals surface area contributed by atoms with Gasteiger partial charge in [-0.05, 0) is 58.6 Å². The lowest BCUT2D eigenvalue weighted by Crippen LogP contribution is -2.44. The van der Waals surface area contributed by atoms with E-state index in [9.17, 15) is 9.18 Å². The van der Waals surface area contributed by atoms with Crippen LogP contribution in [0.2, 0.25) is 0 Å². The molecule has 0 bridgehead atoms. The Hall–Kier alpha value is -2.12. The number of carbonyl (C=O) groups excluding carboxylic acids is 1. The number of carbonyl (C=O) groups is 1. The lowest BCUT2D eigenvalue weighted by atomic mass is 9.74. The fraction of sp³-hybridized carbons (Fsp3) is 0.381. The van der Waals surface area contributed by atoms with Crippen molar-refractivity contribution in [3.05, 3.63) is 57.8 Å². The predicted molar refractivity (Wildman–Crippen MR) is 108 cm³/mol. The number of halogens is 2. The van der Waals surface area contributed by atoms with Crippen molar-refractivity contribution < 1.29 is 23.4 Å². The average Bonchev–Trinajstić information content (AvgIpc) is 2.73. The van der Waals surface area contributed by atoms with Crippen LogP contribution in [0.5, 0.6) is 11.5 Å². The summed E-state index contributed by atoms with van der Waals surface area (Å²) in [4.78, 5) is 12.8. The number of rotatable bonds is 6. The Morgan fingerprint density at radius 1 is 1.18 bits per heavy atom. The zero-order valence-electron chi connectivity index (χ0n) is 15.9. The molecule has 0 spiro atoms. The second-order valence-electron chi connectivity index (χ2n) is 6.78. The van der Waals surface area contributed by atoms with Crippen LogP contribution in [0.3, 0.4) is 0 Å². The maximum Gasteiger partial charge on any atom is 0.251 e. The molecular formula is C21H23BrFNO4. The number of ether oxygens (including phenoxy) is 3. The molecule has 1 aliphatic rings. The van der Waals surface area contributed by atoms with E-state index in [1.165, 1.54) is 20.3 Å². The Labute approximate surface area is 172 Å². The van der Waals surface area contributed by atoms with Gasteiger partial charge in [-0.2, -0.15) is 0 Å². The van der Waals surface area contributed by atoms with E-state index >= 15 is 0 Å². The summed E-state index contributed by atoms with van der Waals surface area (Å²) in [6.07, 6.45) is 1.42. The molecule has 0 unspecified atom stereocenters. The summed E-state index contributed by atoms with van der Waals surface area (Å²) in [6.45, 7) is 1.54. The summed E-state index contributed by atoms with van der Waals surface area (Å²) in [6, 6.07) is 9.89. The van der Waals surface area contributed by atoms with Crippen LogP contribution in [-0.4, -0.2) is 39.9 Å². The second-order valence-corrected chi connectivity index (χ2v) is 7.57. The Kier molecular flexibility index (Phi) is 6.57. The molecule has 7 heteroatoms. The number of nitrogens with one attached hydrogen (secondary N) is 1. The summed E-state index contributed by atoms with van der Waals surface area (Å²) in [5, 5.41) is 3.01. The SMILES string of the molecule is COc1cc(C(=O)NCC2(c3cccc(F)c3)CCOCC2)cc(OC)c1Br. The molecule has 1 heterocycles. The molecule has 1 N–H and O–H groups in total. The van der Waals surface area contributed by atoms with Crippen molar-refractivity contribution in [1.82, 2.24) is 5.32 Å². The summed E-state index contributed by atoms with van der Waals surface area (Å²) in [5.74, 6) is 0.495. The van der Waals surface area contributed by atoms with Crippen LogP contribution in [0.15, 0.2) is 40.9 Å². The first-order chi connectivity index (χ1) is 13.5. The standard InChI is InChI=1S/C21H23BrFNO4/c1-26-17-10-14(11-18(27-2)19(17)22)20(25)24-13-21(6-8-28-9-7-21)15-4-3-5-16(23)12-15/h3-5,10-12H,6-9,13H2,1-2H3,(H,24,25). The van der Waals surface area contributed by atoms with E-state index < -0.39 is 0 Å². The predicted octanol–water partition coefficient (Wildman–Crippen LogP) is 4.08. The Bertz CT molecular complexity index is 827. The normalized spacial score (nSPS) is 15.7. The molecule has 150 valence electrons. The number of hydrogen-bond donors (Lipinski definition) is 1. The highest BCUT2D eigenvalue weighted by atomic mass is 79.9. The van der Waals surface area contributed by atoms with E-state index in [2.05, 4.69) is 21.2 Å². The molecule has 1 saturated heterocycles. The van der Waals surface area contributed by atoms with Crippen LogP contribution in [0.4, 0.5) is 4.39 Å². The van der Waals surface area contributed by atoms with Gasteiger partial charge >= 0.3 is 0 Å². The van der Waals surface area contributed by atoms with Crippen LogP contribution < -0.4 is 14.8 Å². The largest absolute Gasteiger partial charge is 0.495 e. The zero-order chi connectivity index (χ0) is 20.1. The van der Waals surface area contributed by atoms with Gasteiger partial charge in [-0.3, -0.25) is 4.79 Å². The van der Waals surface area contributed by atoms with E-state index in [0.29, 0.717) is 54.1 Å². The Morgan fingerprint density at radius 3 is 2.39 bits per heavy atom. The fourth-order valence-corrected chi connectivity index (χ4v) is 4.05. The minimum Gasteiger partial charge on any atom is -0.495 e. The molecule has 2 aromatic rings. The lowest BCUT2D eigenvalue weighted by Gasteiger charge is -2.38. The molecule has 1 fully saturated rings. The van der Waals surface area contributed by atoms with E-state index in [4.69, 9.17) is 14.2 Å². The smallest absolute Gasteiger partial charge is 0.251 e. The summed E-state index contributed by atoms with van der Waals surface area (Å²) < 4.78 is 30.6. The Balaban J connectivity index is 1.83. The first-order valence-corrected chi connectivity index (χ1v) is 9.82. The molecule has 0 saturated carbocycles. The molecule has 0 radical (unpaired) electrons. The van der Waals surface area contributed by atoms with Gasteiger partial charge in [-0.25, -0.2) is 4.39 Å². The van der Waals surface area contributed by atoms with Gasteiger partial charge in [0, 0.05) is 30.7 Å². The quantitative estimate of drug-likeness (QED) is 0.718. The van der Waals surface area contributed by atoms with Gasteiger partial charge in [-0.1, -0.05) is 12.1 Å². The van der Waals surface area contributed by atoms with Gasteiger partial charge in [0.2, 0.25) is 0 Å². The average molecular weight is 452 g/mol. The molecule has 0 atom stereocenters. The fourth-order valence-electron chi connectivity index (χ4n) is 3.50. The van der Waals surface area contributed by atoms with Crippen LogP contribution in [0.25, 0.3) is 0 Å². The molecule has 1 aliphatic heterocycles. The van der Waals surface area contributed by atoms with Gasteiger partial charge in [0.1, 0.15) is 21.8 Å². The first-order valence-electron chi connectivity index (χ1n) is 9.02. The van der Waals surface area contributed by atoms with Crippen molar-refractivity contribution in [2.75, 3.05) is 34.0 Å². The van der Waals surface area contributed by atoms with Gasteiger partial charge < -0.3 is 19.5 Å². The first kappa shape index (κ1) is 20.6. The monoisotopic (exact) mass is 451 g/mol. The van der Waals surface area contributed by atoms with Crippen molar-refractivity contribution in [1.29, 1.82) is 0 Å². The van der Waals surface area contributed by atoms with Crippen LogP contribution in [-0.2, 0) is 10.2 Å². The molecule has 0 aliphatic carbocycles. The van der Waals surface area contributed by atoms with Gasteiger partial charge in [0.05, 0.1) is 14.2 Å². The third kappa shape index (κ3) is 4.31. The minimum atomic E-state index is -0.362. The zero-order valence-corrected chi connectivity index (χ0v) is 17.5. The highest BCUT2D eigenvalue weighted by molar-refractivity contribution is 9.10. The molecular weight excluding hydrogens is 429 g/mol. The third-order valence-corrected chi connectivity index (χ3v) is 5.96. The number of amides is 1. The maximum absolute atomic E-state index is 13.8. The summed E-state index contributed by atoms with van der Waals surface area (Å²) >= 11 is 3.40. The van der Waals surface area contributed by atoms with E-state index in [1.54, 1.807) is 24.3 Å². The number of hydrogen-bond acceptors (Lipinski definition) is 4. The topological polar surface area (TPSA) is 56.8 Å². The summed E-state index contributed by atoms with van der Waals surface area (Å²) in [7, 11) is 3.06. The number of benzene rings is 2. The van der Waals surface area contributed by atoms with Crippen molar-refractivity contribution >= 4 is 21.8 Å².